The lowest BCUT2D eigenvalue weighted by molar-refractivity contribution is -0.127. The van der Waals surface area contributed by atoms with Crippen LogP contribution in [-0.2, 0) is 9.59 Å². The summed E-state index contributed by atoms with van der Waals surface area (Å²) < 4.78 is 5.36. The van der Waals surface area contributed by atoms with Gasteiger partial charge < -0.3 is 20.3 Å². The third-order valence-corrected chi connectivity index (χ3v) is 3.98. The van der Waals surface area contributed by atoms with Gasteiger partial charge in [-0.15, -0.1) is 0 Å². The van der Waals surface area contributed by atoms with Crippen LogP contribution in [0.3, 0.4) is 0 Å². The number of benzene rings is 1. The quantitative estimate of drug-likeness (QED) is 0.401. The molecule has 2 amide bonds. The number of nitrogens with one attached hydrogen (secondary N) is 2. The van der Waals surface area contributed by atoms with Gasteiger partial charge in [-0.1, -0.05) is 0 Å². The van der Waals surface area contributed by atoms with Crippen LogP contribution in [0.15, 0.2) is 36.0 Å². The Morgan fingerprint density at radius 3 is 2.77 bits per heavy atom. The Bertz CT molecular complexity index is 692. The highest BCUT2D eigenvalue weighted by Crippen LogP contribution is 2.15. The molecule has 1 saturated heterocycles. The number of carbonyl (C=O) groups excluding carboxylic acids is 2. The predicted molar refractivity (Wildman–Crippen MR) is 98.4 cm³/mol. The first-order valence-corrected chi connectivity index (χ1v) is 8.79. The lowest BCUT2D eigenvalue weighted by atomic mass is 10.2. The summed E-state index contributed by atoms with van der Waals surface area (Å²) in [6, 6.07) is 9.13. The average Bonchev–Trinajstić information content (AvgIpc) is 3.06. The number of hydrogen-bond donors (Lipinski definition) is 2. The minimum absolute atomic E-state index is 0.00358. The van der Waals surface area contributed by atoms with Gasteiger partial charge in [0.15, 0.2) is 0 Å². The van der Waals surface area contributed by atoms with Crippen molar-refractivity contribution in [2.45, 2.75) is 26.2 Å². The van der Waals surface area contributed by atoms with Crippen LogP contribution in [0, 0.1) is 11.3 Å². The van der Waals surface area contributed by atoms with Crippen molar-refractivity contribution < 1.29 is 14.3 Å². The molecular formula is C19H24N4O3. The SMILES string of the molecule is CCOc1ccc(N/C=C(/C#N)C(=O)NCCCN2CCCC2=O)cc1. The Morgan fingerprint density at radius 1 is 1.38 bits per heavy atom. The molecule has 0 saturated carbocycles. The second-order valence-corrected chi connectivity index (χ2v) is 5.87. The van der Waals surface area contributed by atoms with Gasteiger partial charge in [-0.25, -0.2) is 0 Å². The Labute approximate surface area is 153 Å². The molecular weight excluding hydrogens is 332 g/mol. The van der Waals surface area contributed by atoms with Crippen molar-refractivity contribution in [2.75, 3.05) is 31.6 Å². The molecule has 0 atom stereocenters. The summed E-state index contributed by atoms with van der Waals surface area (Å²) in [5, 5.41) is 14.8. The molecule has 2 rings (SSSR count). The minimum atomic E-state index is -0.432. The van der Waals surface area contributed by atoms with Gasteiger partial charge in [-0.3, -0.25) is 9.59 Å². The van der Waals surface area contributed by atoms with Gasteiger partial charge in [0.05, 0.1) is 6.61 Å². The van der Waals surface area contributed by atoms with E-state index in [1.54, 1.807) is 17.0 Å². The summed E-state index contributed by atoms with van der Waals surface area (Å²) in [7, 11) is 0. The fourth-order valence-corrected chi connectivity index (χ4v) is 2.63. The third-order valence-electron chi connectivity index (χ3n) is 3.98. The van der Waals surface area contributed by atoms with Crippen molar-refractivity contribution in [3.63, 3.8) is 0 Å². The summed E-state index contributed by atoms with van der Waals surface area (Å²) in [6.45, 7) is 4.36. The Hall–Kier alpha value is -3.01. The van der Waals surface area contributed by atoms with E-state index in [4.69, 9.17) is 10.00 Å². The van der Waals surface area contributed by atoms with Gasteiger partial charge in [-0.2, -0.15) is 5.26 Å². The van der Waals surface area contributed by atoms with Crippen molar-refractivity contribution in [1.82, 2.24) is 10.2 Å². The van der Waals surface area contributed by atoms with Gasteiger partial charge in [0.2, 0.25) is 5.91 Å². The van der Waals surface area contributed by atoms with Gasteiger partial charge >= 0.3 is 0 Å². The van der Waals surface area contributed by atoms with Crippen LogP contribution < -0.4 is 15.4 Å². The molecule has 138 valence electrons. The van der Waals surface area contributed by atoms with Crippen LogP contribution in [0.25, 0.3) is 0 Å². The summed E-state index contributed by atoms with van der Waals surface area (Å²) >= 11 is 0. The van der Waals surface area contributed by atoms with E-state index in [0.29, 0.717) is 32.5 Å². The second-order valence-electron chi connectivity index (χ2n) is 5.87. The monoisotopic (exact) mass is 356 g/mol. The largest absolute Gasteiger partial charge is 0.494 e. The normalized spacial score (nSPS) is 14.1. The van der Waals surface area contributed by atoms with Gasteiger partial charge in [-0.05, 0) is 44.0 Å². The molecule has 7 nitrogen and oxygen atoms in total. The molecule has 0 bridgehead atoms. The van der Waals surface area contributed by atoms with E-state index in [9.17, 15) is 9.59 Å². The van der Waals surface area contributed by atoms with Crippen LogP contribution in [0.2, 0.25) is 0 Å². The van der Waals surface area contributed by atoms with Gasteiger partial charge in [0.25, 0.3) is 5.91 Å². The van der Waals surface area contributed by atoms with E-state index >= 15 is 0 Å². The molecule has 1 aromatic carbocycles. The van der Waals surface area contributed by atoms with Crippen molar-refractivity contribution in [2.24, 2.45) is 0 Å². The second kappa shape index (κ2) is 10.1. The molecule has 7 heteroatoms. The number of amides is 2. The number of nitrogens with zero attached hydrogens (tertiary/aromatic N) is 2. The van der Waals surface area contributed by atoms with E-state index in [-0.39, 0.29) is 11.5 Å². The number of rotatable bonds is 9. The van der Waals surface area contributed by atoms with Crippen LogP contribution in [0.4, 0.5) is 5.69 Å². The number of hydrogen-bond acceptors (Lipinski definition) is 5. The Morgan fingerprint density at radius 2 is 2.15 bits per heavy atom. The number of likely N-dealkylation sites (tertiary alicyclic amines) is 1. The fraction of sp³-hybridized carbons (Fsp3) is 0.421. The first-order chi connectivity index (χ1) is 12.6. The fourth-order valence-electron chi connectivity index (χ4n) is 2.63. The highest BCUT2D eigenvalue weighted by Gasteiger charge is 2.19. The molecule has 0 spiro atoms. The summed E-state index contributed by atoms with van der Waals surface area (Å²) in [6.07, 6.45) is 3.58. The topological polar surface area (TPSA) is 94.5 Å². The molecule has 1 aliphatic heterocycles. The molecule has 0 aliphatic carbocycles. The first-order valence-electron chi connectivity index (χ1n) is 8.79. The molecule has 1 fully saturated rings. The molecule has 0 unspecified atom stereocenters. The zero-order valence-electron chi connectivity index (χ0n) is 15.0. The van der Waals surface area contributed by atoms with Crippen LogP contribution in [-0.4, -0.2) is 43.0 Å². The number of carbonyl (C=O) groups is 2. The van der Waals surface area contributed by atoms with Crippen molar-refractivity contribution in [3.8, 4) is 11.8 Å². The van der Waals surface area contributed by atoms with E-state index in [1.165, 1.54) is 6.20 Å². The molecule has 0 radical (unpaired) electrons. The smallest absolute Gasteiger partial charge is 0.263 e. The van der Waals surface area contributed by atoms with Crippen molar-refractivity contribution >= 4 is 17.5 Å². The number of ether oxygens (including phenoxy) is 1. The maximum atomic E-state index is 12.1. The Balaban J connectivity index is 1.77. The van der Waals surface area contributed by atoms with E-state index < -0.39 is 5.91 Å². The first kappa shape index (κ1) is 19.3. The summed E-state index contributed by atoms with van der Waals surface area (Å²) in [5.74, 6) is 0.504. The Kier molecular flexibility index (Phi) is 7.49. The van der Waals surface area contributed by atoms with Gasteiger partial charge in [0, 0.05) is 37.9 Å². The summed E-state index contributed by atoms with van der Waals surface area (Å²) in [5.41, 5.74) is 0.748. The molecule has 0 aromatic heterocycles. The van der Waals surface area contributed by atoms with E-state index in [2.05, 4.69) is 10.6 Å². The van der Waals surface area contributed by atoms with Crippen molar-refractivity contribution in [3.05, 3.63) is 36.0 Å². The minimum Gasteiger partial charge on any atom is -0.494 e. The van der Waals surface area contributed by atoms with Crippen LogP contribution in [0.5, 0.6) is 5.75 Å². The maximum absolute atomic E-state index is 12.1. The van der Waals surface area contributed by atoms with Gasteiger partial charge in [0.1, 0.15) is 17.4 Å². The highest BCUT2D eigenvalue weighted by molar-refractivity contribution is 5.97. The predicted octanol–water partition coefficient (Wildman–Crippen LogP) is 2.03. The van der Waals surface area contributed by atoms with Crippen LogP contribution in [0.1, 0.15) is 26.2 Å². The maximum Gasteiger partial charge on any atom is 0.263 e. The van der Waals surface area contributed by atoms with Crippen molar-refractivity contribution in [1.29, 1.82) is 5.26 Å². The lowest BCUT2D eigenvalue weighted by Crippen LogP contribution is -2.31. The molecule has 1 aromatic rings. The average molecular weight is 356 g/mol. The van der Waals surface area contributed by atoms with E-state index in [1.807, 2.05) is 25.1 Å². The van der Waals surface area contributed by atoms with Crippen LogP contribution >= 0.6 is 0 Å². The molecule has 26 heavy (non-hydrogen) atoms. The zero-order valence-corrected chi connectivity index (χ0v) is 15.0. The standard InChI is InChI=1S/C19H24N4O3/c1-2-26-17-8-6-16(7-9-17)22-14-15(13-20)19(25)21-10-4-12-23-11-3-5-18(23)24/h6-9,14,22H,2-5,10-12H2,1H3,(H,21,25)/b15-14-. The summed E-state index contributed by atoms with van der Waals surface area (Å²) in [4.78, 5) is 25.4. The number of anilines is 1. The molecule has 1 heterocycles. The molecule has 1 aliphatic rings. The molecule has 2 N–H and O–H groups in total. The lowest BCUT2D eigenvalue weighted by Gasteiger charge is -2.15. The van der Waals surface area contributed by atoms with E-state index in [0.717, 1.165) is 24.4 Å². The highest BCUT2D eigenvalue weighted by atomic mass is 16.5. The number of nitriles is 1. The third kappa shape index (κ3) is 5.81. The zero-order chi connectivity index (χ0) is 18.8.